The molecule has 0 saturated carbocycles. The van der Waals surface area contributed by atoms with Gasteiger partial charge in [0.25, 0.3) is 0 Å². The van der Waals surface area contributed by atoms with Crippen LogP contribution in [0.25, 0.3) is 11.4 Å². The zero-order valence-corrected chi connectivity index (χ0v) is 16.8. The van der Waals surface area contributed by atoms with E-state index in [1.807, 2.05) is 62.4 Å². The van der Waals surface area contributed by atoms with Crippen molar-refractivity contribution in [3.8, 4) is 11.4 Å². The van der Waals surface area contributed by atoms with Crippen LogP contribution in [0.4, 0.5) is 5.69 Å². The average molecular weight is 381 g/mol. The van der Waals surface area contributed by atoms with E-state index in [-0.39, 0.29) is 11.2 Å². The zero-order chi connectivity index (χ0) is 19.4. The molecule has 0 saturated heterocycles. The predicted octanol–water partition coefficient (Wildman–Crippen LogP) is 5.02. The fourth-order valence-corrected chi connectivity index (χ4v) is 3.27. The number of aryl methyl sites for hydroxylation is 1. The summed E-state index contributed by atoms with van der Waals surface area (Å²) in [6.07, 6.45) is 0. The molecule has 0 aliphatic carbocycles. The van der Waals surface area contributed by atoms with Crippen LogP contribution in [-0.2, 0) is 4.79 Å². The van der Waals surface area contributed by atoms with Crippen molar-refractivity contribution in [3.05, 3.63) is 59.7 Å². The number of hydrogen-bond acceptors (Lipinski definition) is 4. The van der Waals surface area contributed by atoms with Gasteiger partial charge in [-0.1, -0.05) is 67.6 Å². The molecule has 0 radical (unpaired) electrons. The van der Waals surface area contributed by atoms with Gasteiger partial charge < -0.3 is 5.32 Å². The number of thioether (sulfide) groups is 1. The molecule has 140 valence electrons. The molecule has 0 bridgehead atoms. The Morgan fingerprint density at radius 1 is 1.04 bits per heavy atom. The molecule has 0 fully saturated rings. The molecule has 27 heavy (non-hydrogen) atoms. The first kappa shape index (κ1) is 19.2. The maximum absolute atomic E-state index is 12.5. The van der Waals surface area contributed by atoms with E-state index in [1.165, 1.54) is 22.9 Å². The molecule has 1 heterocycles. The van der Waals surface area contributed by atoms with E-state index in [1.54, 1.807) is 0 Å². The monoisotopic (exact) mass is 380 g/mol. The van der Waals surface area contributed by atoms with E-state index >= 15 is 0 Å². The van der Waals surface area contributed by atoms with Gasteiger partial charge in [0.05, 0.1) is 5.25 Å². The summed E-state index contributed by atoms with van der Waals surface area (Å²) in [4.78, 5) is 16.9. The topological polar surface area (TPSA) is 70.7 Å². The number of anilines is 1. The van der Waals surface area contributed by atoms with Crippen LogP contribution in [0, 0.1) is 6.92 Å². The van der Waals surface area contributed by atoms with Crippen LogP contribution in [0.1, 0.15) is 37.8 Å². The fraction of sp³-hybridized carbons (Fsp3) is 0.286. The summed E-state index contributed by atoms with van der Waals surface area (Å²) < 4.78 is 0. The van der Waals surface area contributed by atoms with Crippen molar-refractivity contribution in [1.29, 1.82) is 0 Å². The number of carbonyl (C=O) groups is 1. The highest BCUT2D eigenvalue weighted by molar-refractivity contribution is 8.00. The van der Waals surface area contributed by atoms with Gasteiger partial charge in [0, 0.05) is 11.3 Å². The van der Waals surface area contributed by atoms with Gasteiger partial charge in [-0.25, -0.2) is 4.98 Å². The second-order valence-corrected chi connectivity index (χ2v) is 8.17. The zero-order valence-electron chi connectivity index (χ0n) is 16.0. The van der Waals surface area contributed by atoms with E-state index in [0.717, 1.165) is 11.3 Å². The molecule has 1 aromatic heterocycles. The van der Waals surface area contributed by atoms with Crippen LogP contribution in [0.5, 0.6) is 0 Å². The molecule has 1 atom stereocenters. The number of aromatic amines is 1. The van der Waals surface area contributed by atoms with Crippen molar-refractivity contribution < 1.29 is 4.79 Å². The first-order chi connectivity index (χ1) is 12.9. The summed E-state index contributed by atoms with van der Waals surface area (Å²) in [5, 5.41) is 10.4. The molecule has 6 heteroatoms. The Kier molecular flexibility index (Phi) is 5.96. The Bertz CT molecular complexity index is 901. The van der Waals surface area contributed by atoms with E-state index < -0.39 is 0 Å². The van der Waals surface area contributed by atoms with Crippen LogP contribution in [0.3, 0.4) is 0 Å². The molecule has 0 aliphatic rings. The van der Waals surface area contributed by atoms with Gasteiger partial charge in [-0.05, 0) is 37.5 Å². The Morgan fingerprint density at radius 3 is 2.33 bits per heavy atom. The molecule has 0 aliphatic heterocycles. The van der Waals surface area contributed by atoms with Crippen molar-refractivity contribution in [3.63, 3.8) is 0 Å². The quantitative estimate of drug-likeness (QED) is 0.589. The smallest absolute Gasteiger partial charge is 0.237 e. The van der Waals surface area contributed by atoms with Gasteiger partial charge in [0.2, 0.25) is 11.1 Å². The Morgan fingerprint density at radius 2 is 1.70 bits per heavy atom. The van der Waals surface area contributed by atoms with Crippen molar-refractivity contribution >= 4 is 23.4 Å². The van der Waals surface area contributed by atoms with Crippen LogP contribution < -0.4 is 5.32 Å². The lowest BCUT2D eigenvalue weighted by molar-refractivity contribution is -0.115. The summed E-state index contributed by atoms with van der Waals surface area (Å²) >= 11 is 1.33. The second-order valence-electron chi connectivity index (χ2n) is 6.86. The average Bonchev–Trinajstić information content (AvgIpc) is 3.11. The van der Waals surface area contributed by atoms with Gasteiger partial charge in [-0.2, -0.15) is 0 Å². The minimum Gasteiger partial charge on any atom is -0.325 e. The maximum atomic E-state index is 12.5. The number of amides is 1. The summed E-state index contributed by atoms with van der Waals surface area (Å²) in [6, 6.07) is 16.0. The summed E-state index contributed by atoms with van der Waals surface area (Å²) in [7, 11) is 0. The normalized spacial score (nSPS) is 12.2. The molecular formula is C21H24N4OS. The molecule has 3 rings (SSSR count). The SMILES string of the molecule is Cc1ccc(-c2nc(S[C@H](C)C(=O)Nc3ccc(C(C)C)cc3)n[nH]2)cc1. The number of hydrogen-bond donors (Lipinski definition) is 2. The van der Waals surface area contributed by atoms with Gasteiger partial charge >= 0.3 is 0 Å². The number of nitrogens with zero attached hydrogens (tertiary/aromatic N) is 2. The Balaban J connectivity index is 1.60. The minimum atomic E-state index is -0.309. The van der Waals surface area contributed by atoms with Crippen LogP contribution >= 0.6 is 11.8 Å². The first-order valence-electron chi connectivity index (χ1n) is 8.99. The largest absolute Gasteiger partial charge is 0.325 e. The van der Waals surface area contributed by atoms with Gasteiger partial charge in [0.15, 0.2) is 5.82 Å². The number of benzene rings is 2. The lowest BCUT2D eigenvalue weighted by Gasteiger charge is -2.11. The summed E-state index contributed by atoms with van der Waals surface area (Å²) in [5.74, 6) is 1.10. The van der Waals surface area contributed by atoms with Crippen LogP contribution in [-0.4, -0.2) is 26.3 Å². The third-order valence-electron chi connectivity index (χ3n) is 4.29. The van der Waals surface area contributed by atoms with Crippen molar-refractivity contribution in [2.45, 2.75) is 44.0 Å². The number of aromatic nitrogens is 3. The summed E-state index contributed by atoms with van der Waals surface area (Å²) in [5.41, 5.74) is 4.22. The lowest BCUT2D eigenvalue weighted by Crippen LogP contribution is -2.22. The third kappa shape index (κ3) is 4.98. The molecule has 2 aromatic carbocycles. The van der Waals surface area contributed by atoms with Crippen LogP contribution in [0.2, 0.25) is 0 Å². The lowest BCUT2D eigenvalue weighted by atomic mass is 10.0. The molecule has 2 N–H and O–H groups in total. The molecular weight excluding hydrogens is 356 g/mol. The highest BCUT2D eigenvalue weighted by Gasteiger charge is 2.17. The molecule has 3 aromatic rings. The minimum absolute atomic E-state index is 0.0704. The fourth-order valence-electron chi connectivity index (χ4n) is 2.55. The van der Waals surface area contributed by atoms with Crippen LogP contribution in [0.15, 0.2) is 53.7 Å². The van der Waals surface area contributed by atoms with Crippen molar-refractivity contribution in [2.75, 3.05) is 5.32 Å². The molecule has 0 unspecified atom stereocenters. The second kappa shape index (κ2) is 8.39. The maximum Gasteiger partial charge on any atom is 0.237 e. The van der Waals surface area contributed by atoms with Crippen molar-refractivity contribution in [1.82, 2.24) is 15.2 Å². The van der Waals surface area contributed by atoms with Gasteiger partial charge in [-0.15, -0.1) is 5.10 Å². The molecule has 5 nitrogen and oxygen atoms in total. The van der Waals surface area contributed by atoms with Gasteiger partial charge in [0.1, 0.15) is 0 Å². The highest BCUT2D eigenvalue weighted by atomic mass is 32.2. The van der Waals surface area contributed by atoms with Gasteiger partial charge in [-0.3, -0.25) is 9.89 Å². The third-order valence-corrected chi connectivity index (χ3v) is 5.25. The molecule has 1 amide bonds. The Hall–Kier alpha value is -2.60. The number of rotatable bonds is 6. The standard InChI is InChI=1S/C21H24N4OS/c1-13(2)16-9-11-18(12-10-16)22-20(26)15(4)27-21-23-19(24-25-21)17-7-5-14(3)6-8-17/h5-13,15H,1-4H3,(H,22,26)(H,23,24,25)/t15-/m1/s1. The number of nitrogens with one attached hydrogen (secondary N) is 2. The number of H-pyrrole nitrogens is 1. The van der Waals surface area contributed by atoms with E-state index in [9.17, 15) is 4.79 Å². The van der Waals surface area contributed by atoms with E-state index in [0.29, 0.717) is 16.9 Å². The summed E-state index contributed by atoms with van der Waals surface area (Å²) in [6.45, 7) is 8.19. The molecule has 0 spiro atoms. The van der Waals surface area contributed by atoms with E-state index in [2.05, 4.69) is 34.3 Å². The predicted molar refractivity (Wildman–Crippen MR) is 111 cm³/mol. The first-order valence-corrected chi connectivity index (χ1v) is 9.87. The number of carbonyl (C=O) groups excluding carboxylic acids is 1. The Labute approximate surface area is 164 Å². The van der Waals surface area contributed by atoms with E-state index in [4.69, 9.17) is 0 Å². The highest BCUT2D eigenvalue weighted by Crippen LogP contribution is 2.24. The van der Waals surface area contributed by atoms with Crippen molar-refractivity contribution in [2.24, 2.45) is 0 Å².